The highest BCUT2D eigenvalue weighted by atomic mass is 79.9. The average Bonchev–Trinajstić information content (AvgIpc) is 2.89. The van der Waals surface area contributed by atoms with Crippen LogP contribution in [0.3, 0.4) is 0 Å². The molecule has 0 unspecified atom stereocenters. The third-order valence-electron chi connectivity index (χ3n) is 3.61. The van der Waals surface area contributed by atoms with Crippen LogP contribution in [-0.4, -0.2) is 24.0 Å². The van der Waals surface area contributed by atoms with Gasteiger partial charge in [0.05, 0.1) is 5.56 Å². The third kappa shape index (κ3) is 4.77. The van der Waals surface area contributed by atoms with Crippen LogP contribution in [0.2, 0.25) is 0 Å². The zero-order valence-corrected chi connectivity index (χ0v) is 16.8. The Kier molecular flexibility index (Phi) is 5.37. The van der Waals surface area contributed by atoms with E-state index in [-0.39, 0.29) is 18.1 Å². The molecule has 0 aromatic heterocycles. The lowest BCUT2D eigenvalue weighted by molar-refractivity contribution is -0.157. The van der Waals surface area contributed by atoms with Crippen molar-refractivity contribution in [2.75, 3.05) is 6.61 Å². The minimum Gasteiger partial charge on any atom is -0.482 e. The van der Waals surface area contributed by atoms with E-state index in [1.807, 2.05) is 24.3 Å². The number of rotatable bonds is 4. The Labute approximate surface area is 166 Å². The minimum atomic E-state index is -0.570. The molecule has 2 aromatic rings. The molecule has 0 fully saturated rings. The Balaban J connectivity index is 1.72. The summed E-state index contributed by atoms with van der Waals surface area (Å²) in [5.74, 6) is 0.407. The van der Waals surface area contributed by atoms with E-state index in [0.29, 0.717) is 17.1 Å². The standard InChI is InChI=1S/C21H19BrO5/c1-21(2,3)27-19(23)12-25-14-8-9-15-17(11-14)26-18(20(15)24)10-13-6-4-5-7-16(13)22/h4-11H,12H2,1-3H3. The molecule has 1 aliphatic rings. The Morgan fingerprint density at radius 2 is 1.93 bits per heavy atom. The molecule has 0 aliphatic carbocycles. The summed E-state index contributed by atoms with van der Waals surface area (Å²) in [6.07, 6.45) is 1.69. The maximum absolute atomic E-state index is 12.5. The van der Waals surface area contributed by atoms with Gasteiger partial charge >= 0.3 is 5.97 Å². The second kappa shape index (κ2) is 7.56. The summed E-state index contributed by atoms with van der Waals surface area (Å²) in [6.45, 7) is 5.15. The number of fused-ring (bicyclic) bond motifs is 1. The van der Waals surface area contributed by atoms with Crippen LogP contribution in [0.25, 0.3) is 6.08 Å². The Hall–Kier alpha value is -2.60. The van der Waals surface area contributed by atoms with Gasteiger partial charge in [0, 0.05) is 10.5 Å². The number of esters is 1. The van der Waals surface area contributed by atoms with Crippen molar-refractivity contribution < 1.29 is 23.8 Å². The van der Waals surface area contributed by atoms with Crippen LogP contribution in [0, 0.1) is 0 Å². The molecule has 0 N–H and O–H groups in total. The first-order valence-electron chi connectivity index (χ1n) is 8.40. The van der Waals surface area contributed by atoms with E-state index in [1.165, 1.54) is 0 Å². The van der Waals surface area contributed by atoms with Crippen LogP contribution in [0.5, 0.6) is 11.5 Å². The van der Waals surface area contributed by atoms with Crippen LogP contribution in [0.15, 0.2) is 52.7 Å². The molecule has 1 heterocycles. The van der Waals surface area contributed by atoms with Gasteiger partial charge in [-0.05, 0) is 50.6 Å². The van der Waals surface area contributed by atoms with Gasteiger partial charge in [-0.25, -0.2) is 4.79 Å². The molecule has 6 heteroatoms. The summed E-state index contributed by atoms with van der Waals surface area (Å²) in [7, 11) is 0. The smallest absolute Gasteiger partial charge is 0.344 e. The van der Waals surface area contributed by atoms with Crippen LogP contribution >= 0.6 is 15.9 Å². The van der Waals surface area contributed by atoms with Crippen molar-refractivity contribution in [1.29, 1.82) is 0 Å². The first kappa shape index (κ1) is 19.2. The van der Waals surface area contributed by atoms with Crippen molar-refractivity contribution in [3.63, 3.8) is 0 Å². The number of benzene rings is 2. The van der Waals surface area contributed by atoms with Gasteiger partial charge in [-0.3, -0.25) is 4.79 Å². The number of carbonyl (C=O) groups excluding carboxylic acids is 2. The first-order chi connectivity index (χ1) is 12.7. The molecule has 0 amide bonds. The van der Waals surface area contributed by atoms with Crippen molar-refractivity contribution >= 4 is 33.8 Å². The lowest BCUT2D eigenvalue weighted by Gasteiger charge is -2.19. The molecule has 0 spiro atoms. The van der Waals surface area contributed by atoms with Crippen molar-refractivity contribution in [2.24, 2.45) is 0 Å². The molecule has 2 aromatic carbocycles. The van der Waals surface area contributed by atoms with E-state index >= 15 is 0 Å². The second-order valence-electron chi connectivity index (χ2n) is 6.99. The van der Waals surface area contributed by atoms with E-state index in [0.717, 1.165) is 10.0 Å². The fraction of sp³-hybridized carbons (Fsp3) is 0.238. The number of halogens is 1. The minimum absolute atomic E-state index is 0.195. The van der Waals surface area contributed by atoms with E-state index in [4.69, 9.17) is 14.2 Å². The summed E-state index contributed by atoms with van der Waals surface area (Å²) in [5.41, 5.74) is 0.729. The van der Waals surface area contributed by atoms with Gasteiger partial charge in [0.2, 0.25) is 5.78 Å². The van der Waals surface area contributed by atoms with Crippen molar-refractivity contribution in [3.8, 4) is 11.5 Å². The molecule has 27 heavy (non-hydrogen) atoms. The molecule has 0 saturated carbocycles. The molecule has 0 radical (unpaired) electrons. The number of hydrogen-bond donors (Lipinski definition) is 0. The Morgan fingerprint density at radius 3 is 2.63 bits per heavy atom. The number of hydrogen-bond acceptors (Lipinski definition) is 5. The van der Waals surface area contributed by atoms with Gasteiger partial charge in [-0.1, -0.05) is 34.1 Å². The van der Waals surface area contributed by atoms with Crippen molar-refractivity contribution in [1.82, 2.24) is 0 Å². The van der Waals surface area contributed by atoms with Gasteiger partial charge in [0.25, 0.3) is 0 Å². The summed E-state index contributed by atoms with van der Waals surface area (Å²) in [5, 5.41) is 0. The summed E-state index contributed by atoms with van der Waals surface area (Å²) < 4.78 is 17.2. The van der Waals surface area contributed by atoms with Crippen molar-refractivity contribution in [2.45, 2.75) is 26.4 Å². The number of Topliss-reactive ketones (excluding diaryl/α,β-unsaturated/α-hetero) is 1. The average molecular weight is 431 g/mol. The molecule has 5 nitrogen and oxygen atoms in total. The van der Waals surface area contributed by atoms with Gasteiger partial charge in [-0.2, -0.15) is 0 Å². The van der Waals surface area contributed by atoms with Crippen molar-refractivity contribution in [3.05, 3.63) is 63.8 Å². The largest absolute Gasteiger partial charge is 0.482 e. The zero-order valence-electron chi connectivity index (χ0n) is 15.2. The fourth-order valence-electron chi connectivity index (χ4n) is 2.50. The van der Waals surface area contributed by atoms with E-state index in [1.54, 1.807) is 45.0 Å². The molecule has 1 aliphatic heterocycles. The molecule has 140 valence electrons. The summed E-state index contributed by atoms with van der Waals surface area (Å²) in [4.78, 5) is 24.3. The lowest BCUT2D eigenvalue weighted by atomic mass is 10.1. The molecule has 0 bridgehead atoms. The van der Waals surface area contributed by atoms with Gasteiger partial charge < -0.3 is 14.2 Å². The molecular formula is C21H19BrO5. The highest BCUT2D eigenvalue weighted by Gasteiger charge is 2.28. The topological polar surface area (TPSA) is 61.8 Å². The van der Waals surface area contributed by atoms with E-state index in [2.05, 4.69) is 15.9 Å². The number of allylic oxidation sites excluding steroid dienone is 1. The first-order valence-corrected chi connectivity index (χ1v) is 9.20. The highest BCUT2D eigenvalue weighted by Crippen LogP contribution is 2.35. The maximum atomic E-state index is 12.5. The van der Waals surface area contributed by atoms with Gasteiger partial charge in [0.1, 0.15) is 17.1 Å². The SMILES string of the molecule is CC(C)(C)OC(=O)COc1ccc2c(c1)OC(=Cc1ccccc1Br)C2=O. The lowest BCUT2D eigenvalue weighted by Crippen LogP contribution is -2.27. The fourth-order valence-corrected chi connectivity index (χ4v) is 2.90. The zero-order chi connectivity index (χ0) is 19.6. The molecule has 0 saturated heterocycles. The monoisotopic (exact) mass is 430 g/mol. The van der Waals surface area contributed by atoms with Gasteiger partial charge in [0.15, 0.2) is 12.4 Å². The predicted molar refractivity (Wildman–Crippen MR) is 105 cm³/mol. The Bertz CT molecular complexity index is 924. The number of ether oxygens (including phenoxy) is 3. The molecule has 0 atom stereocenters. The number of ketones is 1. The molecule has 3 rings (SSSR count). The van der Waals surface area contributed by atoms with Gasteiger partial charge in [-0.15, -0.1) is 0 Å². The molecular weight excluding hydrogens is 412 g/mol. The summed E-state index contributed by atoms with van der Waals surface area (Å²) in [6, 6.07) is 12.4. The van der Waals surface area contributed by atoms with Crippen LogP contribution in [0.4, 0.5) is 0 Å². The van der Waals surface area contributed by atoms with Crippen LogP contribution in [0.1, 0.15) is 36.7 Å². The highest BCUT2D eigenvalue weighted by molar-refractivity contribution is 9.10. The van der Waals surface area contributed by atoms with Crippen LogP contribution < -0.4 is 9.47 Å². The third-order valence-corrected chi connectivity index (χ3v) is 4.33. The normalized spacial score (nSPS) is 14.7. The quantitative estimate of drug-likeness (QED) is 0.515. The maximum Gasteiger partial charge on any atom is 0.344 e. The Morgan fingerprint density at radius 1 is 1.19 bits per heavy atom. The predicted octanol–water partition coefficient (Wildman–Crippen LogP) is 4.79. The van der Waals surface area contributed by atoms with E-state index in [9.17, 15) is 9.59 Å². The number of carbonyl (C=O) groups is 2. The van der Waals surface area contributed by atoms with Crippen LogP contribution in [-0.2, 0) is 9.53 Å². The summed E-state index contributed by atoms with van der Waals surface area (Å²) >= 11 is 3.45. The van der Waals surface area contributed by atoms with E-state index < -0.39 is 11.6 Å². The second-order valence-corrected chi connectivity index (χ2v) is 7.85.